The van der Waals surface area contributed by atoms with Gasteiger partial charge in [0.05, 0.1) is 19.2 Å². The van der Waals surface area contributed by atoms with Crippen molar-refractivity contribution >= 4 is 11.9 Å². The molecule has 9 nitrogen and oxygen atoms in total. The Hall–Kier alpha value is -3.10. The monoisotopic (exact) mass is 352 g/mol. The molecule has 1 heterocycles. The molecule has 0 fully saturated rings. The van der Waals surface area contributed by atoms with Crippen LogP contribution in [0.1, 0.15) is 13.8 Å². The lowest BCUT2D eigenvalue weighted by Gasteiger charge is -2.12. The molecule has 0 aromatic carbocycles. The van der Waals surface area contributed by atoms with Gasteiger partial charge in [0.2, 0.25) is 5.88 Å². The first-order valence-electron chi connectivity index (χ1n) is 7.34. The molecule has 136 valence electrons. The predicted octanol–water partition coefficient (Wildman–Crippen LogP) is -0.0458. The van der Waals surface area contributed by atoms with Crippen LogP contribution in [0.4, 0.5) is 0 Å². The maximum atomic E-state index is 12.3. The Labute approximate surface area is 143 Å². The summed E-state index contributed by atoms with van der Waals surface area (Å²) in [6.07, 6.45) is 0. The first-order valence-corrected chi connectivity index (χ1v) is 7.34. The van der Waals surface area contributed by atoms with Crippen LogP contribution in [0, 0.1) is 0 Å². The number of hydrogen-bond acceptors (Lipinski definition) is 7. The van der Waals surface area contributed by atoms with Gasteiger partial charge in [-0.3, -0.25) is 13.9 Å². The van der Waals surface area contributed by atoms with E-state index in [-0.39, 0.29) is 37.4 Å². The molecule has 0 aliphatic rings. The zero-order chi connectivity index (χ0) is 19.1. The fourth-order valence-electron chi connectivity index (χ4n) is 1.73. The fourth-order valence-corrected chi connectivity index (χ4v) is 1.73. The van der Waals surface area contributed by atoms with Gasteiger partial charge in [0.1, 0.15) is 13.2 Å². The summed E-state index contributed by atoms with van der Waals surface area (Å²) in [5.74, 6) is -1.83. The molecule has 0 saturated carbocycles. The van der Waals surface area contributed by atoms with Crippen molar-refractivity contribution in [2.24, 2.45) is 0 Å². The van der Waals surface area contributed by atoms with E-state index in [0.717, 1.165) is 15.2 Å². The van der Waals surface area contributed by atoms with E-state index in [1.807, 2.05) is 0 Å². The lowest BCUT2D eigenvalue weighted by molar-refractivity contribution is -0.140. The molecule has 1 aromatic rings. The Morgan fingerprint density at radius 3 is 1.88 bits per heavy atom. The molecule has 25 heavy (non-hydrogen) atoms. The Kier molecular flexibility index (Phi) is 6.92. The lowest BCUT2D eigenvalue weighted by atomic mass is 10.4. The molecular formula is C16H20N2O7. The molecule has 9 heteroatoms. The highest BCUT2D eigenvalue weighted by Crippen LogP contribution is 2.02. The van der Waals surface area contributed by atoms with Gasteiger partial charge in [-0.2, -0.15) is 0 Å². The van der Waals surface area contributed by atoms with Gasteiger partial charge >= 0.3 is 17.6 Å². The minimum atomic E-state index is -0.817. The molecular weight excluding hydrogens is 332 g/mol. The third-order valence-electron chi connectivity index (χ3n) is 3.05. The highest BCUT2D eigenvalue weighted by atomic mass is 16.5. The minimum absolute atomic E-state index is 0.157. The van der Waals surface area contributed by atoms with Crippen LogP contribution < -0.4 is 11.2 Å². The van der Waals surface area contributed by atoms with Crippen molar-refractivity contribution in [2.75, 3.05) is 13.2 Å². The topological polar surface area (TPSA) is 117 Å². The van der Waals surface area contributed by atoms with E-state index in [1.165, 1.54) is 13.8 Å². The summed E-state index contributed by atoms with van der Waals surface area (Å²) >= 11 is 0. The molecule has 1 aromatic heterocycles. The van der Waals surface area contributed by atoms with Gasteiger partial charge in [-0.1, -0.05) is 13.2 Å². The average Bonchev–Trinajstić information content (AvgIpc) is 2.52. The van der Waals surface area contributed by atoms with Gasteiger partial charge in [0.15, 0.2) is 0 Å². The van der Waals surface area contributed by atoms with Crippen LogP contribution in [0.3, 0.4) is 0 Å². The molecule has 0 atom stereocenters. The van der Waals surface area contributed by atoms with Gasteiger partial charge in [-0.05, 0) is 13.8 Å². The minimum Gasteiger partial charge on any atom is -0.494 e. The molecule has 1 N–H and O–H groups in total. The Balaban J connectivity index is 2.87. The molecule has 0 unspecified atom stereocenters. The summed E-state index contributed by atoms with van der Waals surface area (Å²) in [7, 11) is 0. The van der Waals surface area contributed by atoms with E-state index in [2.05, 4.69) is 13.2 Å². The van der Waals surface area contributed by atoms with Gasteiger partial charge in [0, 0.05) is 11.1 Å². The molecule has 0 aliphatic carbocycles. The van der Waals surface area contributed by atoms with Crippen molar-refractivity contribution in [3.8, 4) is 5.88 Å². The molecule has 1 rings (SSSR count). The normalized spacial score (nSPS) is 10.2. The predicted molar refractivity (Wildman–Crippen MR) is 88.2 cm³/mol. The first kappa shape index (κ1) is 19.9. The van der Waals surface area contributed by atoms with Crippen LogP contribution in [0.5, 0.6) is 5.88 Å². The highest BCUT2D eigenvalue weighted by Gasteiger charge is 2.12. The van der Waals surface area contributed by atoms with E-state index in [4.69, 9.17) is 9.47 Å². The second kappa shape index (κ2) is 8.67. The van der Waals surface area contributed by atoms with Gasteiger partial charge in [-0.15, -0.1) is 0 Å². The number of nitrogens with zero attached hydrogens (tertiary/aromatic N) is 2. The van der Waals surface area contributed by atoms with Crippen LogP contribution in [0.25, 0.3) is 0 Å². The summed E-state index contributed by atoms with van der Waals surface area (Å²) in [6.45, 7) is 9.01. The van der Waals surface area contributed by atoms with Crippen LogP contribution in [0.2, 0.25) is 0 Å². The number of ether oxygens (including phenoxy) is 2. The van der Waals surface area contributed by atoms with Crippen LogP contribution >= 0.6 is 0 Å². The summed E-state index contributed by atoms with van der Waals surface area (Å²) in [5.41, 5.74) is -1.18. The van der Waals surface area contributed by atoms with Crippen molar-refractivity contribution in [1.29, 1.82) is 0 Å². The van der Waals surface area contributed by atoms with Crippen LogP contribution in [0.15, 0.2) is 40.0 Å². The molecule has 0 amide bonds. The van der Waals surface area contributed by atoms with E-state index in [9.17, 15) is 24.3 Å². The highest BCUT2D eigenvalue weighted by molar-refractivity contribution is 5.87. The summed E-state index contributed by atoms with van der Waals surface area (Å²) in [5, 5.41) is 9.75. The number of aromatic nitrogens is 2. The SMILES string of the molecule is C=C(C)C(=O)OCCn1c(O)cc(=O)n(CCOC(=O)C(=C)C)c1=O. The van der Waals surface area contributed by atoms with Crippen molar-refractivity contribution in [2.45, 2.75) is 26.9 Å². The second-order valence-corrected chi connectivity index (χ2v) is 5.26. The van der Waals surface area contributed by atoms with E-state index >= 15 is 0 Å². The zero-order valence-corrected chi connectivity index (χ0v) is 14.1. The number of rotatable bonds is 8. The average molecular weight is 352 g/mol. The number of carbonyl (C=O) groups is 2. The zero-order valence-electron chi connectivity index (χ0n) is 14.1. The first-order chi connectivity index (χ1) is 11.6. The Morgan fingerprint density at radius 1 is 1.00 bits per heavy atom. The van der Waals surface area contributed by atoms with E-state index in [1.54, 1.807) is 0 Å². The van der Waals surface area contributed by atoms with Gasteiger partial charge in [-0.25, -0.2) is 14.4 Å². The van der Waals surface area contributed by atoms with Crippen LogP contribution in [-0.4, -0.2) is 39.4 Å². The van der Waals surface area contributed by atoms with Crippen molar-refractivity contribution in [3.63, 3.8) is 0 Å². The maximum absolute atomic E-state index is 12.3. The molecule has 0 aliphatic heterocycles. The van der Waals surface area contributed by atoms with Crippen molar-refractivity contribution < 1.29 is 24.2 Å². The van der Waals surface area contributed by atoms with Gasteiger partial charge < -0.3 is 14.6 Å². The summed E-state index contributed by atoms with van der Waals surface area (Å²) in [6, 6.07) is 0.850. The Bertz CT molecular complexity index is 817. The quantitative estimate of drug-likeness (QED) is 0.515. The summed E-state index contributed by atoms with van der Waals surface area (Å²) in [4.78, 5) is 46.7. The third-order valence-corrected chi connectivity index (χ3v) is 3.05. The van der Waals surface area contributed by atoms with E-state index < -0.39 is 29.1 Å². The lowest BCUT2D eigenvalue weighted by Crippen LogP contribution is -2.41. The molecule has 0 saturated heterocycles. The van der Waals surface area contributed by atoms with Crippen molar-refractivity contribution in [1.82, 2.24) is 9.13 Å². The number of hydrogen-bond donors (Lipinski definition) is 1. The Morgan fingerprint density at radius 2 is 1.44 bits per heavy atom. The maximum Gasteiger partial charge on any atom is 0.334 e. The summed E-state index contributed by atoms with van der Waals surface area (Å²) < 4.78 is 11.4. The van der Waals surface area contributed by atoms with Crippen LogP contribution in [-0.2, 0) is 32.2 Å². The number of esters is 2. The number of aromatic hydroxyl groups is 1. The number of carbonyl (C=O) groups excluding carboxylic acids is 2. The van der Waals surface area contributed by atoms with Crippen molar-refractivity contribution in [3.05, 3.63) is 51.2 Å². The largest absolute Gasteiger partial charge is 0.494 e. The second-order valence-electron chi connectivity index (χ2n) is 5.26. The smallest absolute Gasteiger partial charge is 0.334 e. The molecule has 0 bridgehead atoms. The fraction of sp³-hybridized carbons (Fsp3) is 0.375. The standard InChI is InChI=1S/C16H20N2O7/c1-10(2)14(21)24-7-5-17-12(19)9-13(20)18(16(17)23)6-8-25-15(22)11(3)4/h9,19H,1,3,5-8H2,2,4H3. The third kappa shape index (κ3) is 5.48. The van der Waals surface area contributed by atoms with E-state index in [0.29, 0.717) is 0 Å². The molecule has 0 radical (unpaired) electrons. The molecule has 0 spiro atoms. The van der Waals surface area contributed by atoms with Gasteiger partial charge in [0.25, 0.3) is 5.56 Å².